The molecule has 0 amide bonds. The van der Waals surface area contributed by atoms with E-state index in [1.54, 1.807) is 11.3 Å². The molecule has 0 aliphatic rings. The van der Waals surface area contributed by atoms with Crippen molar-refractivity contribution >= 4 is 11.3 Å². The van der Waals surface area contributed by atoms with Crippen LogP contribution in [0.4, 0.5) is 0 Å². The second kappa shape index (κ2) is 3.17. The zero-order valence-electron chi connectivity index (χ0n) is 6.50. The van der Waals surface area contributed by atoms with E-state index in [1.165, 1.54) is 4.88 Å². The maximum absolute atomic E-state index is 4.09. The summed E-state index contributed by atoms with van der Waals surface area (Å²) in [4.78, 5) is 1.40. The molecule has 0 unspecified atom stereocenters. The van der Waals surface area contributed by atoms with Gasteiger partial charge in [-0.3, -0.25) is 0 Å². The van der Waals surface area contributed by atoms with Gasteiger partial charge in [-0.2, -0.15) is 0 Å². The molecule has 10 heavy (non-hydrogen) atoms. The first kappa shape index (κ1) is 7.76. The Morgan fingerprint density at radius 1 is 1.50 bits per heavy atom. The number of hydrogen-bond acceptors (Lipinski definition) is 1. The third kappa shape index (κ3) is 1.58. The van der Waals surface area contributed by atoms with Crippen LogP contribution in [0.5, 0.6) is 0 Å². The predicted octanol–water partition coefficient (Wildman–Crippen LogP) is 1.69. The summed E-state index contributed by atoms with van der Waals surface area (Å²) in [7, 11) is 0. The van der Waals surface area contributed by atoms with Crippen LogP contribution in [0, 0.1) is 5.92 Å². The highest BCUT2D eigenvalue weighted by Gasteiger charge is 2.13. The molecule has 1 aromatic rings. The lowest BCUT2D eigenvalue weighted by molar-refractivity contribution is -0.436. The van der Waals surface area contributed by atoms with Crippen molar-refractivity contribution in [3.63, 3.8) is 0 Å². The van der Waals surface area contributed by atoms with Gasteiger partial charge >= 0.3 is 0 Å². The normalized spacial score (nSPS) is 14.0. The van der Waals surface area contributed by atoms with E-state index in [1.807, 2.05) is 0 Å². The summed E-state index contributed by atoms with van der Waals surface area (Å²) in [5.74, 6) is 0.652. The van der Waals surface area contributed by atoms with E-state index in [9.17, 15) is 0 Å². The molecule has 1 rings (SSSR count). The van der Waals surface area contributed by atoms with Gasteiger partial charge in [0.05, 0.1) is 4.88 Å². The standard InChI is InChI=1S/C8H13NS/c1-6(2)8(9)7-4-3-5-10-7/h3-6,8H,9H2,1-2H3/p+1/t8-/m0/s1. The predicted molar refractivity (Wildman–Crippen MR) is 44.8 cm³/mol. The fraction of sp³-hybridized carbons (Fsp3) is 0.500. The Balaban J connectivity index is 2.68. The molecule has 2 heteroatoms. The minimum absolute atomic E-state index is 0.472. The van der Waals surface area contributed by atoms with Crippen LogP contribution in [0.15, 0.2) is 17.5 Å². The van der Waals surface area contributed by atoms with Gasteiger partial charge in [0.25, 0.3) is 0 Å². The Hall–Kier alpha value is -0.340. The Morgan fingerprint density at radius 2 is 2.20 bits per heavy atom. The molecule has 1 atom stereocenters. The van der Waals surface area contributed by atoms with Crippen molar-refractivity contribution in [3.8, 4) is 0 Å². The lowest BCUT2D eigenvalue weighted by atomic mass is 10.0. The van der Waals surface area contributed by atoms with Crippen LogP contribution in [0.2, 0.25) is 0 Å². The monoisotopic (exact) mass is 156 g/mol. The molecule has 0 radical (unpaired) electrons. The molecule has 0 aliphatic carbocycles. The maximum Gasteiger partial charge on any atom is 0.122 e. The number of hydrogen-bond donors (Lipinski definition) is 1. The molecule has 0 bridgehead atoms. The fourth-order valence-corrected chi connectivity index (χ4v) is 1.75. The van der Waals surface area contributed by atoms with Crippen molar-refractivity contribution < 1.29 is 5.73 Å². The second-order valence-electron chi connectivity index (χ2n) is 2.87. The van der Waals surface area contributed by atoms with Gasteiger partial charge in [0.1, 0.15) is 6.04 Å². The Labute approximate surface area is 65.9 Å². The molecule has 0 saturated carbocycles. The summed E-state index contributed by atoms with van der Waals surface area (Å²) in [6.45, 7) is 4.41. The molecule has 1 heterocycles. The highest BCUT2D eigenvalue weighted by molar-refractivity contribution is 7.10. The molecule has 0 aliphatic heterocycles. The van der Waals surface area contributed by atoms with Gasteiger partial charge in [0.15, 0.2) is 0 Å². The van der Waals surface area contributed by atoms with Crippen molar-refractivity contribution in [1.82, 2.24) is 0 Å². The fourth-order valence-electron chi connectivity index (χ4n) is 0.831. The van der Waals surface area contributed by atoms with Gasteiger partial charge in [-0.15, -0.1) is 11.3 Å². The van der Waals surface area contributed by atoms with Crippen LogP contribution in [0.1, 0.15) is 24.8 Å². The van der Waals surface area contributed by atoms with E-state index in [-0.39, 0.29) is 0 Å². The molecule has 0 fully saturated rings. The quantitative estimate of drug-likeness (QED) is 0.675. The molecular weight excluding hydrogens is 142 g/mol. The maximum atomic E-state index is 4.09. The van der Waals surface area contributed by atoms with Crippen LogP contribution in [0.3, 0.4) is 0 Å². The van der Waals surface area contributed by atoms with Crippen LogP contribution < -0.4 is 5.73 Å². The van der Waals surface area contributed by atoms with E-state index < -0.39 is 0 Å². The lowest BCUT2D eigenvalue weighted by Crippen LogP contribution is -2.55. The molecule has 0 saturated heterocycles. The van der Waals surface area contributed by atoms with Crippen molar-refractivity contribution in [2.75, 3.05) is 0 Å². The molecule has 0 spiro atoms. The van der Waals surface area contributed by atoms with E-state index >= 15 is 0 Å². The largest absolute Gasteiger partial charge is 0.350 e. The third-order valence-electron chi connectivity index (χ3n) is 1.71. The first-order chi connectivity index (χ1) is 4.72. The molecule has 56 valence electrons. The zero-order chi connectivity index (χ0) is 7.56. The van der Waals surface area contributed by atoms with E-state index in [0.717, 1.165) is 0 Å². The minimum Gasteiger partial charge on any atom is -0.350 e. The third-order valence-corrected chi connectivity index (χ3v) is 2.72. The summed E-state index contributed by atoms with van der Waals surface area (Å²) < 4.78 is 0. The van der Waals surface area contributed by atoms with Gasteiger partial charge < -0.3 is 5.73 Å². The average Bonchev–Trinajstić information content (AvgIpc) is 2.36. The van der Waals surface area contributed by atoms with Gasteiger partial charge in [0, 0.05) is 5.92 Å². The lowest BCUT2D eigenvalue weighted by Gasteiger charge is -2.08. The topological polar surface area (TPSA) is 27.6 Å². The van der Waals surface area contributed by atoms with E-state index in [0.29, 0.717) is 12.0 Å². The summed E-state index contributed by atoms with van der Waals surface area (Å²) in [6, 6.07) is 4.71. The number of thiophene rings is 1. The van der Waals surface area contributed by atoms with Gasteiger partial charge in [0.2, 0.25) is 0 Å². The second-order valence-corrected chi connectivity index (χ2v) is 3.85. The van der Waals surface area contributed by atoms with E-state index in [2.05, 4.69) is 37.1 Å². The Kier molecular flexibility index (Phi) is 2.46. The summed E-state index contributed by atoms with van der Waals surface area (Å²) >= 11 is 1.80. The SMILES string of the molecule is CC(C)[C@H]([NH3+])c1cccs1. The Bertz CT molecular complexity index is 179. The summed E-state index contributed by atoms with van der Waals surface area (Å²) in [6.07, 6.45) is 0. The summed E-state index contributed by atoms with van der Waals surface area (Å²) in [5, 5.41) is 2.11. The summed E-state index contributed by atoms with van der Waals surface area (Å²) in [5.41, 5.74) is 4.09. The highest BCUT2D eigenvalue weighted by atomic mass is 32.1. The van der Waals surface area contributed by atoms with Crippen molar-refractivity contribution in [1.29, 1.82) is 0 Å². The first-order valence-electron chi connectivity index (χ1n) is 3.58. The highest BCUT2D eigenvalue weighted by Crippen LogP contribution is 2.20. The molecule has 1 aromatic heterocycles. The zero-order valence-corrected chi connectivity index (χ0v) is 7.32. The minimum atomic E-state index is 0.472. The molecule has 3 N–H and O–H groups in total. The first-order valence-corrected chi connectivity index (χ1v) is 4.46. The van der Waals surface area contributed by atoms with E-state index in [4.69, 9.17) is 0 Å². The van der Waals surface area contributed by atoms with Gasteiger partial charge in [-0.1, -0.05) is 19.9 Å². The van der Waals surface area contributed by atoms with Gasteiger partial charge in [-0.05, 0) is 11.4 Å². The van der Waals surface area contributed by atoms with Crippen LogP contribution >= 0.6 is 11.3 Å². The average molecular weight is 156 g/mol. The molecule has 1 nitrogen and oxygen atoms in total. The van der Waals surface area contributed by atoms with Crippen LogP contribution in [-0.2, 0) is 0 Å². The number of rotatable bonds is 2. The Morgan fingerprint density at radius 3 is 2.60 bits per heavy atom. The molecular formula is C8H14NS+. The van der Waals surface area contributed by atoms with Crippen LogP contribution in [0.25, 0.3) is 0 Å². The van der Waals surface area contributed by atoms with Crippen LogP contribution in [-0.4, -0.2) is 0 Å². The van der Waals surface area contributed by atoms with Crippen molar-refractivity contribution in [2.45, 2.75) is 19.9 Å². The van der Waals surface area contributed by atoms with Crippen molar-refractivity contribution in [2.24, 2.45) is 5.92 Å². The van der Waals surface area contributed by atoms with Crippen molar-refractivity contribution in [3.05, 3.63) is 22.4 Å². The number of quaternary nitrogens is 1. The van der Waals surface area contributed by atoms with Gasteiger partial charge in [-0.25, -0.2) is 0 Å². The molecule has 0 aromatic carbocycles. The smallest absolute Gasteiger partial charge is 0.122 e.